The molecule has 0 spiro atoms. The molecule has 0 radical (unpaired) electrons. The van der Waals surface area contributed by atoms with E-state index in [4.69, 9.17) is 0 Å². The monoisotopic (exact) mass is 224 g/mol. The van der Waals surface area contributed by atoms with Crippen LogP contribution in [0, 0.1) is 5.41 Å². The van der Waals surface area contributed by atoms with E-state index in [9.17, 15) is 0 Å². The van der Waals surface area contributed by atoms with Crippen molar-refractivity contribution in [3.8, 4) is 0 Å². The Morgan fingerprint density at radius 3 is 2.81 bits per heavy atom. The molecule has 0 aromatic heterocycles. The molecule has 2 aliphatic rings. The first kappa shape index (κ1) is 12.4. The molecule has 0 aliphatic carbocycles. The zero-order valence-corrected chi connectivity index (χ0v) is 11.1. The van der Waals surface area contributed by atoms with E-state index in [1.165, 1.54) is 64.7 Å². The summed E-state index contributed by atoms with van der Waals surface area (Å²) >= 11 is 0. The third-order valence-electron chi connectivity index (χ3n) is 4.82. The Morgan fingerprint density at radius 2 is 2.19 bits per heavy atom. The number of hydrogen-bond donors (Lipinski definition) is 1. The van der Waals surface area contributed by atoms with Gasteiger partial charge in [0, 0.05) is 19.1 Å². The minimum atomic E-state index is 0.579. The van der Waals surface area contributed by atoms with E-state index in [-0.39, 0.29) is 0 Å². The van der Waals surface area contributed by atoms with Crippen LogP contribution < -0.4 is 5.32 Å². The summed E-state index contributed by atoms with van der Waals surface area (Å²) in [6.45, 7) is 9.90. The fraction of sp³-hybridized carbons (Fsp3) is 1.00. The van der Waals surface area contributed by atoms with Gasteiger partial charge in [0.15, 0.2) is 0 Å². The maximum atomic E-state index is 3.61. The second kappa shape index (κ2) is 5.50. The quantitative estimate of drug-likeness (QED) is 0.790. The normalized spacial score (nSPS) is 36.8. The largest absolute Gasteiger partial charge is 0.316 e. The van der Waals surface area contributed by atoms with Gasteiger partial charge in [-0.15, -0.1) is 0 Å². The zero-order chi connectivity index (χ0) is 11.4. The zero-order valence-electron chi connectivity index (χ0n) is 11.1. The van der Waals surface area contributed by atoms with E-state index < -0.39 is 0 Å². The molecule has 16 heavy (non-hydrogen) atoms. The molecule has 2 rings (SSSR count). The maximum Gasteiger partial charge on any atom is 0.00933 e. The molecular formula is C14H28N2. The molecule has 2 heteroatoms. The second-order valence-corrected chi connectivity index (χ2v) is 5.81. The fourth-order valence-electron chi connectivity index (χ4n) is 3.58. The van der Waals surface area contributed by atoms with Crippen LogP contribution in [0.3, 0.4) is 0 Å². The summed E-state index contributed by atoms with van der Waals surface area (Å²) in [5.41, 5.74) is 0.579. The van der Waals surface area contributed by atoms with Gasteiger partial charge < -0.3 is 5.32 Å². The molecule has 0 aromatic carbocycles. The number of piperidine rings is 1. The van der Waals surface area contributed by atoms with Gasteiger partial charge in [0.25, 0.3) is 0 Å². The van der Waals surface area contributed by atoms with Crippen molar-refractivity contribution in [3.05, 3.63) is 0 Å². The maximum absolute atomic E-state index is 3.61. The molecule has 2 heterocycles. The van der Waals surface area contributed by atoms with Crippen molar-refractivity contribution in [2.75, 3.05) is 26.2 Å². The van der Waals surface area contributed by atoms with Gasteiger partial charge in [0.05, 0.1) is 0 Å². The number of hydrogen-bond acceptors (Lipinski definition) is 2. The molecule has 2 fully saturated rings. The van der Waals surface area contributed by atoms with Gasteiger partial charge in [0.2, 0.25) is 0 Å². The molecule has 2 atom stereocenters. The summed E-state index contributed by atoms with van der Waals surface area (Å²) in [7, 11) is 0. The fourth-order valence-corrected chi connectivity index (χ4v) is 3.58. The van der Waals surface area contributed by atoms with E-state index in [1.807, 2.05) is 0 Å². The van der Waals surface area contributed by atoms with Gasteiger partial charge in [-0.3, -0.25) is 4.90 Å². The summed E-state index contributed by atoms with van der Waals surface area (Å²) in [4.78, 5) is 2.77. The van der Waals surface area contributed by atoms with Crippen molar-refractivity contribution in [3.63, 3.8) is 0 Å². The van der Waals surface area contributed by atoms with E-state index >= 15 is 0 Å². The number of nitrogens with zero attached hydrogens (tertiary/aromatic N) is 1. The lowest BCUT2D eigenvalue weighted by Crippen LogP contribution is -2.48. The Kier molecular flexibility index (Phi) is 4.26. The Hall–Kier alpha value is -0.0800. The highest BCUT2D eigenvalue weighted by Gasteiger charge is 2.35. The van der Waals surface area contributed by atoms with Crippen molar-refractivity contribution in [2.24, 2.45) is 5.41 Å². The molecule has 0 saturated carbocycles. The van der Waals surface area contributed by atoms with E-state index in [0.717, 1.165) is 6.04 Å². The van der Waals surface area contributed by atoms with Gasteiger partial charge in [-0.2, -0.15) is 0 Å². The molecule has 94 valence electrons. The number of nitrogens with one attached hydrogen (secondary N) is 1. The average Bonchev–Trinajstić information content (AvgIpc) is 2.77. The average molecular weight is 224 g/mol. The predicted octanol–water partition coefficient (Wildman–Crippen LogP) is 2.64. The lowest BCUT2D eigenvalue weighted by Gasteiger charge is -2.41. The molecule has 2 saturated heterocycles. The summed E-state index contributed by atoms with van der Waals surface area (Å²) in [5, 5.41) is 3.61. The summed E-state index contributed by atoms with van der Waals surface area (Å²) < 4.78 is 0. The van der Waals surface area contributed by atoms with Crippen LogP contribution in [0.2, 0.25) is 0 Å². The number of rotatable bonds is 4. The topological polar surface area (TPSA) is 15.3 Å². The Labute approximate surface area is 101 Å². The third-order valence-corrected chi connectivity index (χ3v) is 4.82. The van der Waals surface area contributed by atoms with Crippen LogP contribution in [-0.4, -0.2) is 37.1 Å². The SMILES string of the molecule is CCC1CCCN1CC1(CC)CCCNC1. The Bertz CT molecular complexity index is 209. The lowest BCUT2D eigenvalue weighted by molar-refractivity contribution is 0.102. The molecule has 0 amide bonds. The minimum Gasteiger partial charge on any atom is -0.316 e. The Balaban J connectivity index is 1.94. The Morgan fingerprint density at radius 1 is 1.31 bits per heavy atom. The van der Waals surface area contributed by atoms with E-state index in [0.29, 0.717) is 5.41 Å². The van der Waals surface area contributed by atoms with Crippen LogP contribution in [0.15, 0.2) is 0 Å². The summed E-state index contributed by atoms with van der Waals surface area (Å²) in [5.74, 6) is 0. The van der Waals surface area contributed by atoms with Crippen LogP contribution in [0.25, 0.3) is 0 Å². The molecule has 0 bridgehead atoms. The smallest absolute Gasteiger partial charge is 0.00933 e. The van der Waals surface area contributed by atoms with Gasteiger partial charge in [-0.1, -0.05) is 13.8 Å². The van der Waals surface area contributed by atoms with Crippen LogP contribution in [0.5, 0.6) is 0 Å². The third kappa shape index (κ3) is 2.60. The molecule has 2 aliphatic heterocycles. The van der Waals surface area contributed by atoms with Crippen LogP contribution >= 0.6 is 0 Å². The first-order chi connectivity index (χ1) is 7.79. The van der Waals surface area contributed by atoms with Crippen molar-refractivity contribution in [1.82, 2.24) is 10.2 Å². The highest BCUT2D eigenvalue weighted by atomic mass is 15.2. The standard InChI is InChI=1S/C14H28N2/c1-3-13-7-5-10-16(13)12-14(4-2)8-6-9-15-11-14/h13,15H,3-12H2,1-2H3. The lowest BCUT2D eigenvalue weighted by atomic mass is 9.77. The van der Waals surface area contributed by atoms with E-state index in [1.54, 1.807) is 0 Å². The van der Waals surface area contributed by atoms with Crippen LogP contribution in [-0.2, 0) is 0 Å². The minimum absolute atomic E-state index is 0.579. The first-order valence-electron chi connectivity index (χ1n) is 7.24. The molecule has 0 aromatic rings. The highest BCUT2D eigenvalue weighted by molar-refractivity contribution is 4.90. The van der Waals surface area contributed by atoms with Crippen molar-refractivity contribution in [2.45, 2.75) is 58.4 Å². The first-order valence-corrected chi connectivity index (χ1v) is 7.24. The molecule has 2 nitrogen and oxygen atoms in total. The van der Waals surface area contributed by atoms with Crippen molar-refractivity contribution >= 4 is 0 Å². The molecular weight excluding hydrogens is 196 g/mol. The summed E-state index contributed by atoms with van der Waals surface area (Å²) in [6.07, 6.45) is 8.34. The van der Waals surface area contributed by atoms with Gasteiger partial charge in [-0.25, -0.2) is 0 Å². The van der Waals surface area contributed by atoms with Crippen LogP contribution in [0.1, 0.15) is 52.4 Å². The second-order valence-electron chi connectivity index (χ2n) is 5.81. The van der Waals surface area contributed by atoms with Gasteiger partial charge in [-0.05, 0) is 57.0 Å². The van der Waals surface area contributed by atoms with Crippen LogP contribution in [0.4, 0.5) is 0 Å². The molecule has 1 N–H and O–H groups in total. The summed E-state index contributed by atoms with van der Waals surface area (Å²) in [6, 6.07) is 0.880. The highest BCUT2D eigenvalue weighted by Crippen LogP contribution is 2.33. The predicted molar refractivity (Wildman–Crippen MR) is 69.7 cm³/mol. The van der Waals surface area contributed by atoms with Gasteiger partial charge in [0.1, 0.15) is 0 Å². The molecule has 2 unspecified atom stereocenters. The van der Waals surface area contributed by atoms with E-state index in [2.05, 4.69) is 24.1 Å². The van der Waals surface area contributed by atoms with Crippen molar-refractivity contribution in [1.29, 1.82) is 0 Å². The van der Waals surface area contributed by atoms with Gasteiger partial charge >= 0.3 is 0 Å². The number of likely N-dealkylation sites (tertiary alicyclic amines) is 1. The van der Waals surface area contributed by atoms with Crippen molar-refractivity contribution < 1.29 is 0 Å².